The van der Waals surface area contributed by atoms with Gasteiger partial charge in [0.25, 0.3) is 0 Å². The van der Waals surface area contributed by atoms with Crippen molar-refractivity contribution in [2.75, 3.05) is 6.54 Å². The quantitative estimate of drug-likeness (QED) is 0.371. The van der Waals surface area contributed by atoms with Crippen molar-refractivity contribution in [1.29, 1.82) is 0 Å². The molecule has 0 rings (SSSR count). The molecule has 0 fully saturated rings. The second-order valence-electron chi connectivity index (χ2n) is 1.38. The van der Waals surface area contributed by atoms with Crippen LogP contribution in [0, 0.1) is 0 Å². The average Bonchev–Trinajstić information content (AvgIpc) is 2.03. The summed E-state index contributed by atoms with van der Waals surface area (Å²) in [7, 11) is 0. The molecule has 0 atom stereocenters. The maximum absolute atomic E-state index is 10.1. The highest BCUT2D eigenvalue weighted by atomic mass is 16.4. The topological polar surface area (TPSA) is 104 Å². The van der Waals surface area contributed by atoms with Gasteiger partial charge in [-0.3, -0.25) is 9.59 Å². The van der Waals surface area contributed by atoms with Crippen molar-refractivity contribution in [2.24, 2.45) is 0 Å². The monoisotopic (exact) mass is 175 g/mol. The van der Waals surface area contributed by atoms with Crippen LogP contribution in [-0.4, -0.2) is 34.6 Å². The van der Waals surface area contributed by atoms with E-state index in [2.05, 4.69) is 13.2 Å². The van der Waals surface area contributed by atoms with Gasteiger partial charge in [-0.1, -0.05) is 0 Å². The van der Waals surface area contributed by atoms with E-state index in [0.29, 0.717) is 0 Å². The van der Waals surface area contributed by atoms with Gasteiger partial charge in [0.15, 0.2) is 0 Å². The first kappa shape index (κ1) is 12.8. The number of nitrogens with one attached hydrogen (secondary N) is 1. The molecule has 1 amide bonds. The molecular formula is C6H9NO5. The molecule has 0 aliphatic heterocycles. The minimum atomic E-state index is -1.69. The molecular weight excluding hydrogens is 166 g/mol. The molecule has 0 heterocycles. The lowest BCUT2D eigenvalue weighted by Gasteiger charge is -1.94. The van der Waals surface area contributed by atoms with E-state index in [1.54, 1.807) is 5.32 Å². The Bertz CT molecular complexity index is 188. The summed E-state index contributed by atoms with van der Waals surface area (Å²) in [5.74, 6) is -4.29. The molecule has 0 spiro atoms. The zero-order valence-electron chi connectivity index (χ0n) is 6.24. The molecule has 0 aliphatic carbocycles. The number of carbonyl (C=O) groups excluding carboxylic acids is 1. The number of hydrogen-bond acceptors (Lipinski definition) is 3. The van der Waals surface area contributed by atoms with Crippen LogP contribution in [0.2, 0.25) is 0 Å². The predicted octanol–water partition coefficient (Wildman–Crippen LogP) is -0.926. The lowest BCUT2D eigenvalue weighted by atomic mass is 10.5. The van der Waals surface area contributed by atoms with Crippen LogP contribution in [-0.2, 0) is 14.4 Å². The van der Waals surface area contributed by atoms with Crippen molar-refractivity contribution >= 4 is 17.8 Å². The SMILES string of the molecule is C=C.O=C(O)CNC(=O)C(=O)O. The molecule has 0 saturated carbocycles. The predicted molar refractivity (Wildman–Crippen MR) is 39.5 cm³/mol. The van der Waals surface area contributed by atoms with Crippen molar-refractivity contribution in [2.45, 2.75) is 0 Å². The number of aliphatic carboxylic acids is 2. The molecule has 3 N–H and O–H groups in total. The van der Waals surface area contributed by atoms with Gasteiger partial charge in [-0.2, -0.15) is 0 Å². The van der Waals surface area contributed by atoms with Gasteiger partial charge in [0.05, 0.1) is 0 Å². The van der Waals surface area contributed by atoms with Crippen LogP contribution >= 0.6 is 0 Å². The van der Waals surface area contributed by atoms with E-state index >= 15 is 0 Å². The number of amides is 1. The summed E-state index contributed by atoms with van der Waals surface area (Å²) in [5, 5.41) is 17.5. The Morgan fingerprint density at radius 2 is 1.58 bits per heavy atom. The highest BCUT2D eigenvalue weighted by Gasteiger charge is 2.10. The molecule has 0 aromatic heterocycles. The van der Waals surface area contributed by atoms with Crippen LogP contribution in [0.5, 0.6) is 0 Å². The van der Waals surface area contributed by atoms with Gasteiger partial charge in [-0.25, -0.2) is 4.79 Å². The third-order valence-electron chi connectivity index (χ3n) is 0.594. The normalized spacial score (nSPS) is 7.33. The third kappa shape index (κ3) is 8.15. The lowest BCUT2D eigenvalue weighted by molar-refractivity contribution is -0.150. The van der Waals surface area contributed by atoms with Gasteiger partial charge in [-0.15, -0.1) is 13.2 Å². The van der Waals surface area contributed by atoms with Gasteiger partial charge in [0.1, 0.15) is 6.54 Å². The van der Waals surface area contributed by atoms with Crippen LogP contribution in [0.25, 0.3) is 0 Å². The average molecular weight is 175 g/mol. The van der Waals surface area contributed by atoms with E-state index in [4.69, 9.17) is 10.2 Å². The maximum atomic E-state index is 10.1. The summed E-state index contributed by atoms with van der Waals surface area (Å²) >= 11 is 0. The first-order valence-electron chi connectivity index (χ1n) is 2.77. The van der Waals surface area contributed by atoms with Crippen LogP contribution < -0.4 is 5.32 Å². The first-order chi connectivity index (χ1) is 5.54. The summed E-state index contributed by atoms with van der Waals surface area (Å²) in [4.78, 5) is 29.5. The molecule has 68 valence electrons. The van der Waals surface area contributed by atoms with Gasteiger partial charge in [0.2, 0.25) is 0 Å². The summed E-state index contributed by atoms with van der Waals surface area (Å²) in [6, 6.07) is 0. The van der Waals surface area contributed by atoms with Crippen LogP contribution in [0.4, 0.5) is 0 Å². The van der Waals surface area contributed by atoms with E-state index in [0.717, 1.165) is 0 Å². The fraction of sp³-hybridized carbons (Fsp3) is 0.167. The Morgan fingerprint density at radius 1 is 1.17 bits per heavy atom. The lowest BCUT2D eigenvalue weighted by Crippen LogP contribution is -2.34. The molecule has 0 aliphatic rings. The van der Waals surface area contributed by atoms with Crippen molar-refractivity contribution in [1.82, 2.24) is 5.32 Å². The zero-order valence-corrected chi connectivity index (χ0v) is 6.24. The molecule has 6 heteroatoms. The summed E-state index contributed by atoms with van der Waals surface area (Å²) in [6.45, 7) is 5.32. The fourth-order valence-corrected chi connectivity index (χ4v) is 0.232. The molecule has 0 bridgehead atoms. The second-order valence-corrected chi connectivity index (χ2v) is 1.38. The Morgan fingerprint density at radius 3 is 1.83 bits per heavy atom. The van der Waals surface area contributed by atoms with Crippen LogP contribution in [0.3, 0.4) is 0 Å². The maximum Gasteiger partial charge on any atom is 0.394 e. The number of carboxylic acid groups (broad SMARTS) is 2. The summed E-state index contributed by atoms with van der Waals surface area (Å²) in [5.41, 5.74) is 0. The van der Waals surface area contributed by atoms with Crippen LogP contribution in [0.15, 0.2) is 13.2 Å². The third-order valence-corrected chi connectivity index (χ3v) is 0.594. The first-order valence-corrected chi connectivity index (χ1v) is 2.77. The van der Waals surface area contributed by atoms with E-state index in [1.165, 1.54) is 0 Å². The highest BCUT2D eigenvalue weighted by Crippen LogP contribution is 1.65. The van der Waals surface area contributed by atoms with E-state index in [-0.39, 0.29) is 0 Å². The Balaban J connectivity index is 0. The highest BCUT2D eigenvalue weighted by molar-refractivity contribution is 6.31. The van der Waals surface area contributed by atoms with Gasteiger partial charge >= 0.3 is 17.8 Å². The molecule has 0 aromatic rings. The van der Waals surface area contributed by atoms with Gasteiger partial charge in [0, 0.05) is 0 Å². The number of rotatable bonds is 2. The van der Waals surface area contributed by atoms with Crippen molar-refractivity contribution in [3.05, 3.63) is 13.2 Å². The Kier molecular flexibility index (Phi) is 7.74. The van der Waals surface area contributed by atoms with Crippen LogP contribution in [0.1, 0.15) is 0 Å². The largest absolute Gasteiger partial charge is 0.480 e. The number of hydrogen-bond donors (Lipinski definition) is 3. The smallest absolute Gasteiger partial charge is 0.394 e. The standard InChI is InChI=1S/C4H5NO5.C2H4/c6-2(7)1-5-3(8)4(9)10;1-2/h1H2,(H,5,8)(H,6,7)(H,9,10);1-2H2. The minimum Gasteiger partial charge on any atom is -0.480 e. The fourth-order valence-electron chi connectivity index (χ4n) is 0.232. The van der Waals surface area contributed by atoms with Gasteiger partial charge in [-0.05, 0) is 0 Å². The molecule has 6 nitrogen and oxygen atoms in total. The van der Waals surface area contributed by atoms with Crippen molar-refractivity contribution in [3.8, 4) is 0 Å². The molecule has 12 heavy (non-hydrogen) atoms. The second kappa shape index (κ2) is 7.26. The number of carbonyl (C=O) groups is 3. The molecule has 0 unspecified atom stereocenters. The summed E-state index contributed by atoms with van der Waals surface area (Å²) < 4.78 is 0. The Labute approximate surface area is 68.5 Å². The molecule has 0 aromatic carbocycles. The number of carboxylic acids is 2. The molecule has 0 saturated heterocycles. The molecule has 0 radical (unpaired) electrons. The van der Waals surface area contributed by atoms with Gasteiger partial charge < -0.3 is 15.5 Å². The Hall–Kier alpha value is -1.85. The van der Waals surface area contributed by atoms with Crippen molar-refractivity contribution in [3.63, 3.8) is 0 Å². The van der Waals surface area contributed by atoms with Crippen molar-refractivity contribution < 1.29 is 24.6 Å². The van der Waals surface area contributed by atoms with E-state index in [9.17, 15) is 14.4 Å². The minimum absolute atomic E-state index is 0.675. The zero-order chi connectivity index (χ0) is 10.1. The summed E-state index contributed by atoms with van der Waals surface area (Å²) in [6.07, 6.45) is 0. The van der Waals surface area contributed by atoms with E-state index in [1.807, 2.05) is 0 Å². The van der Waals surface area contributed by atoms with E-state index < -0.39 is 24.4 Å².